The van der Waals surface area contributed by atoms with Gasteiger partial charge in [-0.05, 0) is 99.3 Å². The highest BCUT2D eigenvalue weighted by Crippen LogP contribution is 2.71. The maximum absolute atomic E-state index is 14.5. The van der Waals surface area contributed by atoms with Crippen molar-refractivity contribution in [2.24, 2.45) is 17.3 Å². The third kappa shape index (κ3) is 5.70. The van der Waals surface area contributed by atoms with Gasteiger partial charge in [0.2, 0.25) is 5.91 Å². The lowest BCUT2D eigenvalue weighted by atomic mass is 9.45. The van der Waals surface area contributed by atoms with Crippen LogP contribution in [0.4, 0.5) is 9.59 Å². The number of fused-ring (bicyclic) bond motifs is 3. The molecule has 3 saturated carbocycles. The van der Waals surface area contributed by atoms with E-state index in [1.165, 1.54) is 11.3 Å². The van der Waals surface area contributed by atoms with E-state index in [1.54, 1.807) is 0 Å². The van der Waals surface area contributed by atoms with Crippen LogP contribution in [0.2, 0.25) is 0 Å². The van der Waals surface area contributed by atoms with Crippen molar-refractivity contribution in [3.8, 4) is 11.1 Å². The molecule has 50 heavy (non-hydrogen) atoms. The summed E-state index contributed by atoms with van der Waals surface area (Å²) in [4.78, 5) is 44.7. The van der Waals surface area contributed by atoms with Crippen LogP contribution in [0, 0.1) is 17.3 Å². The molecule has 11 heteroatoms. The first-order valence-corrected chi connectivity index (χ1v) is 19.5. The molecule has 4 aliphatic carbocycles. The highest BCUT2D eigenvalue weighted by Gasteiger charge is 2.67. The van der Waals surface area contributed by atoms with E-state index in [1.807, 2.05) is 49.9 Å². The summed E-state index contributed by atoms with van der Waals surface area (Å²) < 4.78 is 25.1. The number of hydrogen-bond donors (Lipinski definition) is 1. The Morgan fingerprint density at radius 2 is 1.66 bits per heavy atom. The average molecular weight is 704 g/mol. The van der Waals surface area contributed by atoms with Crippen molar-refractivity contribution in [2.75, 3.05) is 19.7 Å². The molecule has 2 aromatic carbocycles. The molecule has 10 nitrogen and oxygen atoms in total. The van der Waals surface area contributed by atoms with Crippen molar-refractivity contribution in [2.45, 2.75) is 115 Å². The zero-order chi connectivity index (χ0) is 35.2. The number of rotatable bonds is 5. The minimum atomic E-state index is -1.32. The SMILES string of the molecule is CC(C)(C)OC(=O)N1C[C@H](NC(=O)OCC2c3ccccc3-c3ccccc32)C[C@H]1C(=O)N1CCC[C@H]1P1OC2C3CC(CC2(C)O1)C3(C)C. The van der Waals surface area contributed by atoms with Crippen LogP contribution in [0.5, 0.6) is 0 Å². The van der Waals surface area contributed by atoms with Gasteiger partial charge in [-0.15, -0.1) is 0 Å². The quantitative estimate of drug-likeness (QED) is 0.324. The zero-order valence-electron chi connectivity index (χ0n) is 30.0. The fourth-order valence-electron chi connectivity index (χ4n) is 9.61. The van der Waals surface area contributed by atoms with Gasteiger partial charge < -0.3 is 28.7 Å². The Balaban J connectivity index is 0.952. The van der Waals surface area contributed by atoms with Gasteiger partial charge in [0.1, 0.15) is 24.0 Å². The number of likely N-dealkylation sites (tertiary alicyclic amines) is 2. The standard InChI is InChI=1S/C39H50N3O7P/c1-37(2,3)47-36(45)42-21-24(40-35(44)46-22-29-27-14-9-7-12-25(27)26-13-8-10-15-28(26)29)19-31(42)34(43)41-17-11-16-32(41)50-48-33-30-18-23(38(30,4)5)20-39(33,6)49-50/h7-10,12-15,23-24,29-33H,11,16-22H2,1-6H3,(H,40,44)/t23?,24-,30?,31+,32-,33?,39?,50?/m1/s1. The Kier molecular flexibility index (Phi) is 8.28. The molecule has 3 heterocycles. The molecule has 268 valence electrons. The molecule has 9 rings (SSSR count). The van der Waals surface area contributed by atoms with Gasteiger partial charge in [-0.1, -0.05) is 62.4 Å². The summed E-state index contributed by atoms with van der Waals surface area (Å²) in [5.74, 6) is 0.715. The Hall–Kier alpha value is -3.20. The Bertz CT molecular complexity index is 1650. The second-order valence-corrected chi connectivity index (χ2v) is 18.5. The summed E-state index contributed by atoms with van der Waals surface area (Å²) in [7, 11) is -1.32. The summed E-state index contributed by atoms with van der Waals surface area (Å²) in [5.41, 5.74) is 3.77. The van der Waals surface area contributed by atoms with Crippen molar-refractivity contribution >= 4 is 26.5 Å². The molecule has 1 N–H and O–H groups in total. The summed E-state index contributed by atoms with van der Waals surface area (Å²) >= 11 is 0. The minimum absolute atomic E-state index is 0.0432. The molecule has 8 atom stereocenters. The lowest BCUT2D eigenvalue weighted by Gasteiger charge is -2.62. The second-order valence-electron chi connectivity index (χ2n) is 17.0. The number of nitrogens with one attached hydrogen (secondary N) is 1. The molecular formula is C39H50N3O7P. The lowest BCUT2D eigenvalue weighted by Crippen LogP contribution is -2.63. The molecule has 0 aromatic heterocycles. The van der Waals surface area contributed by atoms with Crippen molar-refractivity contribution in [1.29, 1.82) is 0 Å². The first-order chi connectivity index (χ1) is 23.7. The molecule has 3 saturated heterocycles. The van der Waals surface area contributed by atoms with Crippen LogP contribution in [0.1, 0.15) is 90.7 Å². The number of ether oxygens (including phenoxy) is 2. The molecule has 3 aliphatic heterocycles. The molecule has 0 spiro atoms. The van der Waals surface area contributed by atoms with E-state index in [9.17, 15) is 14.4 Å². The monoisotopic (exact) mass is 703 g/mol. The molecular weight excluding hydrogens is 653 g/mol. The second kappa shape index (κ2) is 12.2. The maximum atomic E-state index is 14.5. The topological polar surface area (TPSA) is 107 Å². The number of benzene rings is 2. The van der Waals surface area contributed by atoms with E-state index in [-0.39, 0.29) is 54.3 Å². The van der Waals surface area contributed by atoms with Gasteiger partial charge in [-0.2, -0.15) is 0 Å². The highest BCUT2D eigenvalue weighted by molar-refractivity contribution is 7.48. The van der Waals surface area contributed by atoms with Gasteiger partial charge in [0.25, 0.3) is 0 Å². The van der Waals surface area contributed by atoms with Crippen LogP contribution >= 0.6 is 8.38 Å². The van der Waals surface area contributed by atoms with Crippen LogP contribution < -0.4 is 5.32 Å². The zero-order valence-corrected chi connectivity index (χ0v) is 30.9. The summed E-state index contributed by atoms with van der Waals surface area (Å²) in [6.07, 6.45) is 2.99. The smallest absolute Gasteiger partial charge is 0.411 e. The average Bonchev–Trinajstić information content (AvgIpc) is 3.85. The fraction of sp³-hybridized carbons (Fsp3) is 0.615. The third-order valence-corrected chi connectivity index (χ3v) is 14.4. The molecule has 2 aromatic rings. The summed E-state index contributed by atoms with van der Waals surface area (Å²) in [6.45, 7) is 13.2. The Morgan fingerprint density at radius 1 is 0.980 bits per heavy atom. The van der Waals surface area contributed by atoms with Crippen LogP contribution in [0.3, 0.4) is 0 Å². The van der Waals surface area contributed by atoms with Crippen molar-refractivity contribution in [1.82, 2.24) is 15.1 Å². The van der Waals surface area contributed by atoms with E-state index >= 15 is 0 Å². The molecule has 6 fully saturated rings. The van der Waals surface area contributed by atoms with Gasteiger partial charge in [-0.25, -0.2) is 9.59 Å². The van der Waals surface area contributed by atoms with E-state index in [0.29, 0.717) is 18.4 Å². The van der Waals surface area contributed by atoms with Gasteiger partial charge in [0, 0.05) is 19.0 Å². The number of alkyl carbamates (subject to hydrolysis) is 1. The number of amides is 3. The van der Waals surface area contributed by atoms with Gasteiger partial charge in [-0.3, -0.25) is 9.69 Å². The predicted octanol–water partition coefficient (Wildman–Crippen LogP) is 7.40. The van der Waals surface area contributed by atoms with Gasteiger partial charge >= 0.3 is 12.2 Å². The Morgan fingerprint density at radius 3 is 2.32 bits per heavy atom. The third-order valence-electron chi connectivity index (χ3n) is 12.3. The number of carbonyl (C=O) groups excluding carboxylic acids is 3. The van der Waals surface area contributed by atoms with Gasteiger partial charge in [0.05, 0.1) is 17.7 Å². The molecule has 5 unspecified atom stereocenters. The summed E-state index contributed by atoms with van der Waals surface area (Å²) in [6, 6.07) is 15.2. The van der Waals surface area contributed by atoms with Crippen molar-refractivity contribution < 1.29 is 32.9 Å². The molecule has 0 radical (unpaired) electrons. The fourth-order valence-corrected chi connectivity index (χ4v) is 12.0. The predicted molar refractivity (Wildman–Crippen MR) is 189 cm³/mol. The Labute approximate surface area is 296 Å². The highest BCUT2D eigenvalue weighted by atomic mass is 31.2. The van der Waals surface area contributed by atoms with Crippen LogP contribution in [0.25, 0.3) is 11.1 Å². The van der Waals surface area contributed by atoms with E-state index in [0.717, 1.165) is 41.5 Å². The van der Waals surface area contributed by atoms with E-state index in [2.05, 4.69) is 50.4 Å². The van der Waals surface area contributed by atoms with E-state index < -0.39 is 38.2 Å². The van der Waals surface area contributed by atoms with Crippen molar-refractivity contribution in [3.05, 3.63) is 59.7 Å². The van der Waals surface area contributed by atoms with E-state index in [4.69, 9.17) is 18.5 Å². The normalized spacial score (nSPS) is 33.7. The number of hydrogen-bond acceptors (Lipinski definition) is 7. The molecule has 2 bridgehead atoms. The first kappa shape index (κ1) is 33.9. The maximum Gasteiger partial charge on any atom is 0.411 e. The van der Waals surface area contributed by atoms with Crippen LogP contribution in [-0.4, -0.2) is 82.8 Å². The number of carbonyl (C=O) groups is 3. The first-order valence-electron chi connectivity index (χ1n) is 18.3. The largest absolute Gasteiger partial charge is 0.449 e. The lowest BCUT2D eigenvalue weighted by molar-refractivity contribution is -0.185. The van der Waals surface area contributed by atoms with Gasteiger partial charge in [0.15, 0.2) is 8.38 Å². The van der Waals surface area contributed by atoms with Crippen LogP contribution in [-0.2, 0) is 23.3 Å². The number of nitrogens with zero attached hydrogens (tertiary/aromatic N) is 2. The molecule has 7 aliphatic rings. The summed E-state index contributed by atoms with van der Waals surface area (Å²) in [5, 5.41) is 2.97. The van der Waals surface area contributed by atoms with Crippen molar-refractivity contribution in [3.63, 3.8) is 0 Å². The van der Waals surface area contributed by atoms with Crippen LogP contribution in [0.15, 0.2) is 48.5 Å². The minimum Gasteiger partial charge on any atom is -0.449 e. The molecule has 3 amide bonds.